The number of rotatable bonds is 25. The van der Waals surface area contributed by atoms with Gasteiger partial charge in [0.05, 0.1) is 46.2 Å². The maximum absolute atomic E-state index is 11.8. The van der Waals surface area contributed by atoms with Gasteiger partial charge in [0.25, 0.3) is 0 Å². The van der Waals surface area contributed by atoms with Crippen LogP contribution in [-0.2, 0) is 52.4 Å². The summed E-state index contributed by atoms with van der Waals surface area (Å²) in [5, 5.41) is 5.27. The molecule has 0 aliphatic carbocycles. The third-order valence-electron chi connectivity index (χ3n) is 4.48. The van der Waals surface area contributed by atoms with E-state index in [0.717, 1.165) is 0 Å². The number of esters is 2. The summed E-state index contributed by atoms with van der Waals surface area (Å²) in [5.74, 6) is -1.36. The van der Waals surface area contributed by atoms with E-state index in [2.05, 4.69) is 10.6 Å². The second kappa shape index (κ2) is 24.7. The molecule has 0 aliphatic heterocycles. The minimum Gasteiger partial charge on any atom is -0.463 e. The first-order valence-electron chi connectivity index (χ1n) is 12.6. The van der Waals surface area contributed by atoms with Gasteiger partial charge in [-0.3, -0.25) is 19.3 Å². The topological polar surface area (TPSA) is 168 Å². The summed E-state index contributed by atoms with van der Waals surface area (Å²) in [6, 6.07) is 0. The molecule has 0 fully saturated rings. The highest BCUT2D eigenvalue weighted by Gasteiger charge is 2.11. The van der Waals surface area contributed by atoms with Crippen LogP contribution in [0.3, 0.4) is 0 Å². The molecule has 38 heavy (non-hydrogen) atoms. The number of hydrogen-bond donors (Lipinski definition) is 2. The molecule has 220 valence electrons. The van der Waals surface area contributed by atoms with E-state index in [1.807, 2.05) is 0 Å². The molecule has 0 bridgehead atoms. The number of nitrogens with zero attached hydrogens (tertiary/aromatic N) is 1. The van der Waals surface area contributed by atoms with Gasteiger partial charge < -0.3 is 39.1 Å². The van der Waals surface area contributed by atoms with Crippen molar-refractivity contribution in [3.8, 4) is 0 Å². The third-order valence-corrected chi connectivity index (χ3v) is 4.48. The van der Waals surface area contributed by atoms with Crippen LogP contribution in [0.15, 0.2) is 0 Å². The molecular formula is C24H43N3O11. The fourth-order valence-electron chi connectivity index (χ4n) is 2.68. The number of hydrogen-bond acceptors (Lipinski definition) is 12. The average Bonchev–Trinajstić information content (AvgIpc) is 2.86. The molecule has 14 heteroatoms. The fourth-order valence-corrected chi connectivity index (χ4v) is 2.68. The highest BCUT2D eigenvalue weighted by Crippen LogP contribution is 1.93. The summed E-state index contributed by atoms with van der Waals surface area (Å²) in [4.78, 5) is 58.6. The number of carbonyl (C=O) groups excluding carboxylic acids is 5. The molecule has 0 atom stereocenters. The molecule has 0 spiro atoms. The zero-order valence-corrected chi connectivity index (χ0v) is 22.8. The molecular weight excluding hydrogens is 506 g/mol. The molecule has 0 aliphatic rings. The fraction of sp³-hybridized carbons (Fsp3) is 0.792. The molecule has 0 saturated heterocycles. The highest BCUT2D eigenvalue weighted by molar-refractivity contribution is 5.77. The van der Waals surface area contributed by atoms with Crippen molar-refractivity contribution in [2.45, 2.75) is 27.2 Å². The summed E-state index contributed by atoms with van der Waals surface area (Å²) in [6.07, 6.45) is 0.419. The Morgan fingerprint density at radius 1 is 0.632 bits per heavy atom. The Morgan fingerprint density at radius 3 is 1.55 bits per heavy atom. The second-order valence-corrected chi connectivity index (χ2v) is 7.94. The van der Waals surface area contributed by atoms with Crippen LogP contribution >= 0.6 is 0 Å². The van der Waals surface area contributed by atoms with Crippen molar-refractivity contribution in [1.29, 1.82) is 0 Å². The SMILES string of the molecule is CCC(=O)NCCOCCOCC(=O)OCCN(CCOC(=O)COCCOCCNC(C)=O)CC(C)=O. The van der Waals surface area contributed by atoms with Gasteiger partial charge in [-0.05, 0) is 6.92 Å². The largest absolute Gasteiger partial charge is 0.463 e. The molecule has 0 radical (unpaired) electrons. The molecule has 0 aromatic carbocycles. The van der Waals surface area contributed by atoms with Crippen molar-refractivity contribution in [1.82, 2.24) is 15.5 Å². The number of ketones is 1. The van der Waals surface area contributed by atoms with E-state index in [9.17, 15) is 24.0 Å². The summed E-state index contributed by atoms with van der Waals surface area (Å²) >= 11 is 0. The lowest BCUT2D eigenvalue weighted by atomic mass is 10.4. The predicted octanol–water partition coefficient (Wildman–Crippen LogP) is -1.31. The van der Waals surface area contributed by atoms with Crippen molar-refractivity contribution in [2.24, 2.45) is 0 Å². The number of nitrogens with one attached hydrogen (secondary N) is 2. The van der Waals surface area contributed by atoms with Gasteiger partial charge in [-0.15, -0.1) is 0 Å². The molecule has 2 amide bonds. The minimum atomic E-state index is -0.552. The highest BCUT2D eigenvalue weighted by atomic mass is 16.6. The van der Waals surface area contributed by atoms with E-state index in [0.29, 0.717) is 32.7 Å². The minimum absolute atomic E-state index is 0.0435. The molecule has 14 nitrogen and oxygen atoms in total. The maximum atomic E-state index is 11.8. The Morgan fingerprint density at radius 2 is 1.11 bits per heavy atom. The van der Waals surface area contributed by atoms with E-state index >= 15 is 0 Å². The van der Waals surface area contributed by atoms with Gasteiger partial charge in [0.1, 0.15) is 32.2 Å². The lowest BCUT2D eigenvalue weighted by Crippen LogP contribution is -2.36. The molecule has 0 aromatic rings. The van der Waals surface area contributed by atoms with Crippen molar-refractivity contribution >= 4 is 29.5 Å². The first-order valence-corrected chi connectivity index (χ1v) is 12.6. The number of Topliss-reactive ketones (excluding diaryl/α,β-unsaturated/α-hetero) is 1. The summed E-state index contributed by atoms with van der Waals surface area (Å²) < 4.78 is 31.1. The zero-order chi connectivity index (χ0) is 28.4. The van der Waals surface area contributed by atoms with Crippen molar-refractivity contribution in [3.05, 3.63) is 0 Å². The van der Waals surface area contributed by atoms with Gasteiger partial charge in [-0.2, -0.15) is 0 Å². The summed E-state index contributed by atoms with van der Waals surface area (Å²) in [5.41, 5.74) is 0. The van der Waals surface area contributed by atoms with E-state index in [4.69, 9.17) is 28.4 Å². The van der Waals surface area contributed by atoms with Crippen LogP contribution in [0.2, 0.25) is 0 Å². The Labute approximate surface area is 223 Å². The van der Waals surface area contributed by atoms with Crippen LogP contribution in [0.4, 0.5) is 0 Å². The normalized spacial score (nSPS) is 10.7. The van der Waals surface area contributed by atoms with Crippen LogP contribution in [-0.4, -0.2) is 133 Å². The number of amides is 2. The lowest BCUT2D eigenvalue weighted by Gasteiger charge is -2.20. The summed E-state index contributed by atoms with van der Waals surface area (Å²) in [6.45, 7) is 7.38. The second-order valence-electron chi connectivity index (χ2n) is 7.94. The standard InChI is InChI=1S/C24H43N3O11/c1-4-22(30)26-6-10-34-14-16-36-19-24(32)38-12-8-27(17-20(2)28)7-11-37-23(31)18-35-15-13-33-9-5-25-21(3)29/h4-19H2,1-3H3,(H,25,29)(H,26,30). The maximum Gasteiger partial charge on any atom is 0.332 e. The predicted molar refractivity (Wildman–Crippen MR) is 134 cm³/mol. The van der Waals surface area contributed by atoms with Crippen molar-refractivity contribution < 1.29 is 52.4 Å². The van der Waals surface area contributed by atoms with Crippen molar-refractivity contribution in [2.75, 3.05) is 98.8 Å². The Kier molecular flexibility index (Phi) is 23.0. The Hall–Kier alpha value is -2.65. The molecule has 0 unspecified atom stereocenters. The molecule has 0 saturated carbocycles. The van der Waals surface area contributed by atoms with Gasteiger partial charge in [-0.1, -0.05) is 6.92 Å². The van der Waals surface area contributed by atoms with Crippen LogP contribution < -0.4 is 10.6 Å². The van der Waals surface area contributed by atoms with Crippen LogP contribution in [0.25, 0.3) is 0 Å². The van der Waals surface area contributed by atoms with Gasteiger partial charge in [-0.25, -0.2) is 9.59 Å². The van der Waals surface area contributed by atoms with E-state index in [1.165, 1.54) is 13.8 Å². The van der Waals surface area contributed by atoms with Crippen LogP contribution in [0, 0.1) is 0 Å². The summed E-state index contributed by atoms with van der Waals surface area (Å²) in [7, 11) is 0. The van der Waals surface area contributed by atoms with Gasteiger partial charge >= 0.3 is 11.9 Å². The quantitative estimate of drug-likeness (QED) is 0.102. The molecule has 0 aromatic heterocycles. The van der Waals surface area contributed by atoms with Crippen LogP contribution in [0.5, 0.6) is 0 Å². The Balaban J connectivity index is 3.84. The third kappa shape index (κ3) is 25.0. The Bertz CT molecular complexity index is 692. The van der Waals surface area contributed by atoms with E-state index < -0.39 is 11.9 Å². The van der Waals surface area contributed by atoms with Gasteiger partial charge in [0.2, 0.25) is 11.8 Å². The lowest BCUT2D eigenvalue weighted by molar-refractivity contribution is -0.150. The van der Waals surface area contributed by atoms with Crippen LogP contribution in [0.1, 0.15) is 27.2 Å². The monoisotopic (exact) mass is 549 g/mol. The zero-order valence-electron chi connectivity index (χ0n) is 22.8. The van der Waals surface area contributed by atoms with Gasteiger partial charge in [0, 0.05) is 39.5 Å². The first kappa shape index (κ1) is 35.4. The average molecular weight is 550 g/mol. The molecule has 2 N–H and O–H groups in total. The first-order chi connectivity index (χ1) is 18.2. The van der Waals surface area contributed by atoms with E-state index in [1.54, 1.807) is 11.8 Å². The molecule has 0 rings (SSSR count). The van der Waals surface area contributed by atoms with E-state index in [-0.39, 0.29) is 90.1 Å². The number of carbonyl (C=O) groups is 5. The van der Waals surface area contributed by atoms with Crippen molar-refractivity contribution in [3.63, 3.8) is 0 Å². The molecule has 0 heterocycles. The van der Waals surface area contributed by atoms with Gasteiger partial charge in [0.15, 0.2) is 0 Å². The smallest absolute Gasteiger partial charge is 0.332 e. The number of ether oxygens (including phenoxy) is 6.